The summed E-state index contributed by atoms with van der Waals surface area (Å²) in [6.07, 6.45) is -26.1. The summed E-state index contributed by atoms with van der Waals surface area (Å²) in [5.74, 6) is -1.95. The molecule has 0 aromatic heterocycles. The average molecular weight is 1190 g/mol. The van der Waals surface area contributed by atoms with Gasteiger partial charge in [0.05, 0.1) is 31.0 Å². The first kappa shape index (κ1) is 66.8. The fourth-order valence-corrected chi connectivity index (χ4v) is 16.6. The second-order valence-electron chi connectivity index (χ2n) is 27.0. The van der Waals surface area contributed by atoms with Gasteiger partial charge in [0.25, 0.3) is 0 Å². The summed E-state index contributed by atoms with van der Waals surface area (Å²) in [6.45, 7) is 17.2. The van der Waals surface area contributed by atoms with Crippen molar-refractivity contribution in [1.29, 1.82) is 0 Å². The maximum atomic E-state index is 12.9. The molecule has 25 heteroatoms. The Labute approximate surface area is 485 Å². The Balaban J connectivity index is 1.02. The molecule has 4 saturated carbocycles. The number of aliphatic hydroxyl groups is 13. The third-order valence-corrected chi connectivity index (χ3v) is 21.4. The summed E-state index contributed by atoms with van der Waals surface area (Å²) < 4.78 is 59.8. The van der Waals surface area contributed by atoms with Gasteiger partial charge in [-0.25, -0.2) is 0 Å². The lowest BCUT2D eigenvalue weighted by Gasteiger charge is -2.71. The minimum Gasteiger partial charge on any atom is -0.463 e. The average Bonchev–Trinajstić information content (AvgIpc) is 1.82. The van der Waals surface area contributed by atoms with Crippen molar-refractivity contribution in [2.45, 2.75) is 268 Å². The summed E-state index contributed by atoms with van der Waals surface area (Å²) in [4.78, 5) is 23.6. The Morgan fingerprint density at radius 2 is 1.06 bits per heavy atom. The first-order chi connectivity index (χ1) is 38.8. The van der Waals surface area contributed by atoms with Crippen molar-refractivity contribution in [1.82, 2.24) is 0 Å². The van der Waals surface area contributed by atoms with E-state index in [2.05, 4.69) is 40.7 Å². The topological polar surface area (TPSA) is 389 Å². The van der Waals surface area contributed by atoms with Crippen LogP contribution in [0.3, 0.4) is 0 Å². The molecule has 30 atom stereocenters. The van der Waals surface area contributed by atoms with Crippen molar-refractivity contribution in [3.8, 4) is 0 Å². The van der Waals surface area contributed by atoms with E-state index in [9.17, 15) is 76.0 Å². The van der Waals surface area contributed by atoms with Gasteiger partial charge in [0, 0.05) is 13.8 Å². The largest absolute Gasteiger partial charge is 0.463 e. The number of ether oxygens (including phenoxy) is 10. The maximum Gasteiger partial charge on any atom is 0.302 e. The van der Waals surface area contributed by atoms with Crippen LogP contribution in [-0.4, -0.2) is 245 Å². The molecule has 0 amide bonds. The van der Waals surface area contributed by atoms with E-state index in [4.69, 9.17) is 47.4 Å². The van der Waals surface area contributed by atoms with Gasteiger partial charge < -0.3 is 114 Å². The molecule has 4 aliphatic carbocycles. The van der Waals surface area contributed by atoms with Gasteiger partial charge >= 0.3 is 11.9 Å². The molecule has 0 unspecified atom stereocenters. The Morgan fingerprint density at radius 1 is 0.554 bits per heavy atom. The summed E-state index contributed by atoms with van der Waals surface area (Å²) in [6, 6.07) is 0. The van der Waals surface area contributed by atoms with Crippen molar-refractivity contribution in [2.75, 3.05) is 26.4 Å². The number of hydrogen-bond donors (Lipinski definition) is 13. The Bertz CT molecular complexity index is 2240. The van der Waals surface area contributed by atoms with E-state index in [1.807, 2.05) is 20.8 Å². The van der Waals surface area contributed by atoms with Gasteiger partial charge in [-0.15, -0.1) is 0 Å². The maximum absolute atomic E-state index is 12.9. The molecule has 25 nitrogen and oxygen atoms in total. The monoisotopic (exact) mass is 1190 g/mol. The van der Waals surface area contributed by atoms with E-state index < -0.39 is 190 Å². The smallest absolute Gasteiger partial charge is 0.302 e. The van der Waals surface area contributed by atoms with Crippen LogP contribution in [0.15, 0.2) is 11.6 Å². The van der Waals surface area contributed by atoms with Crippen LogP contribution in [0.4, 0.5) is 0 Å². The number of hydrogen-bond acceptors (Lipinski definition) is 25. The predicted octanol–water partition coefficient (Wildman–Crippen LogP) is -1.06. The van der Waals surface area contributed by atoms with Crippen molar-refractivity contribution in [3.63, 3.8) is 0 Å². The first-order valence-electron chi connectivity index (χ1n) is 29.7. The highest BCUT2D eigenvalue weighted by Crippen LogP contribution is 2.76. The molecular weight excluding hydrogens is 1100 g/mol. The minimum absolute atomic E-state index is 0.00382. The fourth-order valence-electron chi connectivity index (χ4n) is 16.6. The van der Waals surface area contributed by atoms with Crippen molar-refractivity contribution < 1.29 is 123 Å². The fraction of sp³-hybridized carbons (Fsp3) is 0.931. The number of aliphatic hydroxyl groups excluding tert-OH is 13. The van der Waals surface area contributed by atoms with E-state index in [1.165, 1.54) is 6.92 Å². The van der Waals surface area contributed by atoms with E-state index in [1.54, 1.807) is 0 Å². The molecule has 0 radical (unpaired) electrons. The van der Waals surface area contributed by atoms with Gasteiger partial charge in [-0.3, -0.25) is 9.59 Å². The van der Waals surface area contributed by atoms with Gasteiger partial charge in [-0.2, -0.15) is 0 Å². The number of fused-ring (bicyclic) bond motifs is 5. The molecule has 4 heterocycles. The molecule has 0 bridgehead atoms. The first-order valence-corrected chi connectivity index (χ1v) is 29.7. The zero-order valence-electron chi connectivity index (χ0n) is 49.5. The van der Waals surface area contributed by atoms with Crippen LogP contribution < -0.4 is 0 Å². The quantitative estimate of drug-likeness (QED) is 0.0442. The molecule has 0 aromatic carbocycles. The van der Waals surface area contributed by atoms with Crippen molar-refractivity contribution in [2.24, 2.45) is 45.3 Å². The highest BCUT2D eigenvalue weighted by atomic mass is 16.8. The lowest BCUT2D eigenvalue weighted by atomic mass is 9.35. The second-order valence-corrected chi connectivity index (χ2v) is 27.0. The molecule has 4 aliphatic heterocycles. The van der Waals surface area contributed by atoms with Crippen molar-refractivity contribution in [3.05, 3.63) is 11.6 Å². The van der Waals surface area contributed by atoms with Gasteiger partial charge in [0.2, 0.25) is 0 Å². The van der Waals surface area contributed by atoms with Crippen LogP contribution in [0.5, 0.6) is 0 Å². The molecule has 0 aromatic rings. The number of allylic oxidation sites excluding steroid dienone is 2. The van der Waals surface area contributed by atoms with Crippen LogP contribution >= 0.6 is 0 Å². The number of carbonyl (C=O) groups is 2. The molecule has 13 N–H and O–H groups in total. The molecule has 8 fully saturated rings. The Hall–Kier alpha value is -2.16. The van der Waals surface area contributed by atoms with E-state index in [0.717, 1.165) is 31.8 Å². The zero-order valence-corrected chi connectivity index (χ0v) is 49.5. The summed E-state index contributed by atoms with van der Waals surface area (Å²) in [5, 5.41) is 144. The molecular formula is C58H96O25. The van der Waals surface area contributed by atoms with Crippen LogP contribution in [0.1, 0.15) is 127 Å². The van der Waals surface area contributed by atoms with Gasteiger partial charge in [-0.05, 0) is 124 Å². The second kappa shape index (κ2) is 25.7. The molecule has 4 saturated heterocycles. The highest BCUT2D eigenvalue weighted by Gasteiger charge is 2.72. The van der Waals surface area contributed by atoms with Crippen LogP contribution in [-0.2, 0) is 57.0 Å². The lowest BCUT2D eigenvalue weighted by Crippen LogP contribution is -2.68. The molecule has 478 valence electrons. The van der Waals surface area contributed by atoms with Crippen LogP contribution in [0, 0.1) is 45.3 Å². The lowest BCUT2D eigenvalue weighted by molar-refractivity contribution is -0.378. The SMILES string of the molecule is CC(=O)OC[C@H]1O[C@@H](O[C@H]2[C@H](O[C@H]3CC[C@]4(C)[C@H]5C[C@@H](O)[C@@H]6[C@@H]([C@](C)(CCC=C(C)C)O[C@@H]7O[C@H](CO[C@@H]8O[C@H](CO)[C@@H](O)[C@H](O)[C@H]8O)[C@@H](O)[C@H](O)[C@H]7O)CC[C@@]6(C)[C@]5(C)CC[C@H]4C3(C)C)O[C@H](COC(C)=O)[C@@H](O)[C@@H]2O)[C@H](O)[C@@H](O)[C@@H]1O. The third-order valence-electron chi connectivity index (χ3n) is 21.4. The highest BCUT2D eigenvalue weighted by molar-refractivity contribution is 5.66. The van der Waals surface area contributed by atoms with Crippen molar-refractivity contribution >= 4 is 11.9 Å². The third kappa shape index (κ3) is 12.6. The summed E-state index contributed by atoms with van der Waals surface area (Å²) >= 11 is 0. The molecule has 0 spiro atoms. The molecule has 83 heavy (non-hydrogen) atoms. The van der Waals surface area contributed by atoms with Crippen LogP contribution in [0.2, 0.25) is 0 Å². The standard InChI is InChI=1S/C58H96O25/c1-25(2)12-11-16-58(10,83-52-48(73)44(69)40(65)33(79-52)24-76-50-46(71)42(67)38(63)30(21-59)77-50)28-13-18-57(9)37(28)29(62)20-35-55(7)17-15-36(54(5,6)34(55)14-19-56(35,57)8)81-53-49(45(70)41(66)32(80-53)23-75-27(4)61)82-51-47(72)43(68)39(64)31(78-51)22-74-26(3)60/h12,28-53,59,62-73H,11,13-24H2,1-10H3/t28-,29+,30+,31+,32+,33+,34-,35+,36-,37-,38+,39+,40+,41+,42-,43-,44-,45-,46+,47+,48+,49+,50+,51-,52-,53-,55-,56+,57+,58-/m0/s1. The zero-order chi connectivity index (χ0) is 61.2. The number of esters is 2. The van der Waals surface area contributed by atoms with E-state index in [0.29, 0.717) is 38.5 Å². The molecule has 8 rings (SSSR count). The van der Waals surface area contributed by atoms with Gasteiger partial charge in [0.1, 0.15) is 111 Å². The van der Waals surface area contributed by atoms with E-state index in [-0.39, 0.29) is 34.5 Å². The number of carbonyl (C=O) groups excluding carboxylic acids is 2. The summed E-state index contributed by atoms with van der Waals surface area (Å²) in [7, 11) is 0. The van der Waals surface area contributed by atoms with Crippen LogP contribution in [0.25, 0.3) is 0 Å². The Morgan fingerprint density at radius 3 is 1.64 bits per heavy atom. The Kier molecular flexibility index (Phi) is 20.7. The molecule has 8 aliphatic rings. The van der Waals surface area contributed by atoms with Gasteiger partial charge in [-0.1, -0.05) is 46.3 Å². The van der Waals surface area contributed by atoms with E-state index >= 15 is 0 Å². The number of rotatable bonds is 18. The van der Waals surface area contributed by atoms with Gasteiger partial charge in [0.15, 0.2) is 25.2 Å². The summed E-state index contributed by atoms with van der Waals surface area (Å²) in [5.41, 5.74) is -1.77. The minimum atomic E-state index is -1.88. The normalized spacial score (nSPS) is 49.5. The predicted molar refractivity (Wildman–Crippen MR) is 285 cm³/mol.